The van der Waals surface area contributed by atoms with Crippen molar-refractivity contribution in [1.29, 1.82) is 0 Å². The summed E-state index contributed by atoms with van der Waals surface area (Å²) in [6.07, 6.45) is 2.68. The molecule has 2 N–H and O–H groups in total. The van der Waals surface area contributed by atoms with Crippen LogP contribution in [-0.4, -0.2) is 24.3 Å². The highest BCUT2D eigenvalue weighted by molar-refractivity contribution is 5.97. The van der Waals surface area contributed by atoms with Gasteiger partial charge in [0.2, 0.25) is 5.91 Å². The Bertz CT molecular complexity index is 457. The number of Topliss-reactive ketones (excluding diaryl/α,β-unsaturated/α-hetero) is 1. The molecule has 1 heterocycles. The lowest BCUT2D eigenvalue weighted by atomic mass is 10.1. The first-order chi connectivity index (χ1) is 8.65. The number of nitrogens with one attached hydrogen (secondary N) is 2. The molecule has 1 saturated heterocycles. The molecular weight excluding hydrogens is 264 g/mol. The summed E-state index contributed by atoms with van der Waals surface area (Å²) < 4.78 is 0. The van der Waals surface area contributed by atoms with Crippen molar-refractivity contribution in [1.82, 2.24) is 5.32 Å². The van der Waals surface area contributed by atoms with Crippen molar-refractivity contribution in [3.8, 4) is 0 Å². The number of ketones is 1. The van der Waals surface area contributed by atoms with E-state index in [1.807, 2.05) is 0 Å². The third-order valence-corrected chi connectivity index (χ3v) is 3.15. The molecule has 4 nitrogen and oxygen atoms in total. The molecule has 0 spiro atoms. The van der Waals surface area contributed by atoms with E-state index in [2.05, 4.69) is 10.6 Å². The van der Waals surface area contributed by atoms with Crippen LogP contribution in [0.5, 0.6) is 0 Å². The van der Waals surface area contributed by atoms with Gasteiger partial charge >= 0.3 is 0 Å². The summed E-state index contributed by atoms with van der Waals surface area (Å²) in [4.78, 5) is 23.1. The number of rotatable bonds is 4. The van der Waals surface area contributed by atoms with Crippen LogP contribution >= 0.6 is 12.4 Å². The Kier molecular flexibility index (Phi) is 5.99. The van der Waals surface area contributed by atoms with Crippen molar-refractivity contribution in [3.05, 3.63) is 29.8 Å². The zero-order valence-corrected chi connectivity index (χ0v) is 11.8. The van der Waals surface area contributed by atoms with Crippen molar-refractivity contribution >= 4 is 29.8 Å². The maximum Gasteiger partial charge on any atom is 0.225 e. The van der Waals surface area contributed by atoms with Gasteiger partial charge in [-0.15, -0.1) is 12.4 Å². The number of amides is 1. The van der Waals surface area contributed by atoms with Gasteiger partial charge in [0.05, 0.1) is 0 Å². The number of carbonyl (C=O) groups is 2. The molecule has 0 saturated carbocycles. The number of benzene rings is 1. The molecule has 1 amide bonds. The molecule has 19 heavy (non-hydrogen) atoms. The van der Waals surface area contributed by atoms with Gasteiger partial charge in [0.15, 0.2) is 5.78 Å². The van der Waals surface area contributed by atoms with E-state index in [-0.39, 0.29) is 24.1 Å². The molecule has 1 unspecified atom stereocenters. The minimum Gasteiger partial charge on any atom is -0.326 e. The Hall–Kier alpha value is -1.39. The minimum absolute atomic E-state index is 0. The normalized spacial score (nSPS) is 17.6. The SMILES string of the molecule is CC(=O)c1cccc(NC(=O)CC2CCCN2)c1.Cl. The fourth-order valence-corrected chi connectivity index (χ4v) is 2.18. The van der Waals surface area contributed by atoms with Gasteiger partial charge in [-0.3, -0.25) is 9.59 Å². The molecule has 0 aliphatic carbocycles. The lowest BCUT2D eigenvalue weighted by Crippen LogP contribution is -2.27. The van der Waals surface area contributed by atoms with Crippen molar-refractivity contribution in [3.63, 3.8) is 0 Å². The fourth-order valence-electron chi connectivity index (χ4n) is 2.18. The van der Waals surface area contributed by atoms with E-state index in [0.29, 0.717) is 23.7 Å². The van der Waals surface area contributed by atoms with Gasteiger partial charge in [-0.2, -0.15) is 0 Å². The first kappa shape index (κ1) is 15.7. The summed E-state index contributed by atoms with van der Waals surface area (Å²) in [6.45, 7) is 2.52. The molecule has 1 aliphatic rings. The third-order valence-electron chi connectivity index (χ3n) is 3.15. The standard InChI is InChI=1S/C14H18N2O2.ClH/c1-10(17)11-4-2-5-13(8-11)16-14(18)9-12-6-3-7-15-12;/h2,4-5,8,12,15H,3,6-7,9H2,1H3,(H,16,18);1H. The largest absolute Gasteiger partial charge is 0.326 e. The van der Waals surface area contributed by atoms with Crippen LogP contribution in [-0.2, 0) is 4.79 Å². The van der Waals surface area contributed by atoms with Gasteiger partial charge in [0, 0.05) is 23.7 Å². The van der Waals surface area contributed by atoms with Crippen LogP contribution in [0.3, 0.4) is 0 Å². The maximum absolute atomic E-state index is 11.8. The zero-order valence-electron chi connectivity index (χ0n) is 10.9. The summed E-state index contributed by atoms with van der Waals surface area (Å²) in [5.74, 6) is -0.00124. The van der Waals surface area contributed by atoms with Crippen LogP contribution in [0.15, 0.2) is 24.3 Å². The van der Waals surface area contributed by atoms with Gasteiger partial charge in [-0.05, 0) is 38.4 Å². The highest BCUT2D eigenvalue weighted by Crippen LogP contribution is 2.13. The Labute approximate surface area is 119 Å². The van der Waals surface area contributed by atoms with Crippen molar-refractivity contribution in [2.24, 2.45) is 0 Å². The average molecular weight is 283 g/mol. The summed E-state index contributed by atoms with van der Waals surface area (Å²) in [6, 6.07) is 7.33. The van der Waals surface area contributed by atoms with Gasteiger partial charge in [0.25, 0.3) is 0 Å². The second kappa shape index (κ2) is 7.26. The van der Waals surface area contributed by atoms with E-state index < -0.39 is 0 Å². The maximum atomic E-state index is 11.8. The molecule has 0 radical (unpaired) electrons. The lowest BCUT2D eigenvalue weighted by Gasteiger charge is -2.10. The van der Waals surface area contributed by atoms with Crippen LogP contribution in [0, 0.1) is 0 Å². The van der Waals surface area contributed by atoms with Crippen molar-refractivity contribution in [2.45, 2.75) is 32.2 Å². The molecule has 0 bridgehead atoms. The Morgan fingerprint density at radius 2 is 2.21 bits per heavy atom. The quantitative estimate of drug-likeness (QED) is 0.834. The minimum atomic E-state index is -0.00454. The lowest BCUT2D eigenvalue weighted by molar-refractivity contribution is -0.116. The second-order valence-corrected chi connectivity index (χ2v) is 4.68. The predicted octanol–water partition coefficient (Wildman–Crippen LogP) is 2.39. The third kappa shape index (κ3) is 4.65. The summed E-state index contributed by atoms with van der Waals surface area (Å²) in [7, 11) is 0. The van der Waals surface area contributed by atoms with Crippen LogP contribution in [0.4, 0.5) is 5.69 Å². The van der Waals surface area contributed by atoms with Crippen LogP contribution in [0.2, 0.25) is 0 Å². The number of halogens is 1. The molecule has 5 heteroatoms. The summed E-state index contributed by atoms with van der Waals surface area (Å²) in [5.41, 5.74) is 1.30. The van der Waals surface area contributed by atoms with Gasteiger partial charge in [0.1, 0.15) is 0 Å². The number of hydrogen-bond acceptors (Lipinski definition) is 3. The first-order valence-corrected chi connectivity index (χ1v) is 6.29. The molecule has 2 rings (SSSR count). The topological polar surface area (TPSA) is 58.2 Å². The van der Waals surface area contributed by atoms with Crippen LogP contribution < -0.4 is 10.6 Å². The van der Waals surface area contributed by atoms with E-state index in [1.54, 1.807) is 24.3 Å². The summed E-state index contributed by atoms with van der Waals surface area (Å²) in [5, 5.41) is 6.12. The van der Waals surface area contributed by atoms with E-state index in [0.717, 1.165) is 19.4 Å². The Morgan fingerprint density at radius 1 is 1.42 bits per heavy atom. The predicted molar refractivity (Wildman–Crippen MR) is 78.0 cm³/mol. The number of carbonyl (C=O) groups excluding carboxylic acids is 2. The molecule has 104 valence electrons. The van der Waals surface area contributed by atoms with Crippen LogP contribution in [0.25, 0.3) is 0 Å². The van der Waals surface area contributed by atoms with Crippen LogP contribution in [0.1, 0.15) is 36.5 Å². The van der Waals surface area contributed by atoms with Crippen molar-refractivity contribution in [2.75, 3.05) is 11.9 Å². The molecular formula is C14H19ClN2O2. The highest BCUT2D eigenvalue weighted by Gasteiger charge is 2.17. The van der Waals surface area contributed by atoms with Gasteiger partial charge in [-0.25, -0.2) is 0 Å². The number of hydrogen-bond donors (Lipinski definition) is 2. The Morgan fingerprint density at radius 3 is 2.84 bits per heavy atom. The van der Waals surface area contributed by atoms with Gasteiger partial charge < -0.3 is 10.6 Å². The van der Waals surface area contributed by atoms with E-state index in [4.69, 9.17) is 0 Å². The molecule has 1 aliphatic heterocycles. The Balaban J connectivity index is 0.00000180. The molecule has 0 aromatic heterocycles. The molecule has 1 aromatic carbocycles. The summed E-state index contributed by atoms with van der Waals surface area (Å²) >= 11 is 0. The number of anilines is 1. The molecule has 1 fully saturated rings. The highest BCUT2D eigenvalue weighted by atomic mass is 35.5. The smallest absolute Gasteiger partial charge is 0.225 e. The van der Waals surface area contributed by atoms with Crippen molar-refractivity contribution < 1.29 is 9.59 Å². The van der Waals surface area contributed by atoms with E-state index in [1.165, 1.54) is 6.92 Å². The van der Waals surface area contributed by atoms with E-state index in [9.17, 15) is 9.59 Å². The average Bonchev–Trinajstić information content (AvgIpc) is 2.82. The van der Waals surface area contributed by atoms with Gasteiger partial charge in [-0.1, -0.05) is 12.1 Å². The zero-order chi connectivity index (χ0) is 13.0. The monoisotopic (exact) mass is 282 g/mol. The fraction of sp³-hybridized carbons (Fsp3) is 0.429. The van der Waals surface area contributed by atoms with E-state index >= 15 is 0 Å². The molecule has 1 atom stereocenters. The first-order valence-electron chi connectivity index (χ1n) is 6.29. The molecule has 1 aromatic rings. The second-order valence-electron chi connectivity index (χ2n) is 4.68.